The fraction of sp³-hybridized carbons (Fsp3) is 0.138. The minimum Gasteiger partial charge on any atom is -0.490 e. The molecule has 0 atom stereocenters. The molecular formula is C29H25NO2. The summed E-state index contributed by atoms with van der Waals surface area (Å²) in [4.78, 5) is 0. The zero-order valence-electron chi connectivity index (χ0n) is 18.3. The van der Waals surface area contributed by atoms with E-state index in [9.17, 15) is 5.26 Å². The normalized spacial score (nSPS) is 11.2. The summed E-state index contributed by atoms with van der Waals surface area (Å²) in [5.41, 5.74) is 4.71. The minimum absolute atomic E-state index is 0.468. The molecule has 0 fully saturated rings. The molecule has 158 valence electrons. The van der Waals surface area contributed by atoms with Gasteiger partial charge < -0.3 is 9.47 Å². The van der Waals surface area contributed by atoms with Crippen LogP contribution in [0.2, 0.25) is 0 Å². The van der Waals surface area contributed by atoms with E-state index in [-0.39, 0.29) is 0 Å². The SMILES string of the molecule is CCOc1cc(/C=C(/C#N)c2ccc3ccccc3c2)ccc1OCc1ccc(C)cc1. The third-order valence-corrected chi connectivity index (χ3v) is 5.27. The van der Waals surface area contributed by atoms with Crippen LogP contribution in [0.25, 0.3) is 22.4 Å². The predicted octanol–water partition coefficient (Wildman–Crippen LogP) is 7.19. The molecule has 0 aliphatic carbocycles. The van der Waals surface area contributed by atoms with Crippen molar-refractivity contribution >= 4 is 22.4 Å². The van der Waals surface area contributed by atoms with Gasteiger partial charge in [-0.2, -0.15) is 5.26 Å². The molecule has 0 aliphatic rings. The van der Waals surface area contributed by atoms with E-state index in [2.05, 4.69) is 49.4 Å². The van der Waals surface area contributed by atoms with E-state index in [0.717, 1.165) is 27.5 Å². The number of fused-ring (bicyclic) bond motifs is 1. The number of hydrogen-bond donors (Lipinski definition) is 0. The Bertz CT molecular complexity index is 1300. The van der Waals surface area contributed by atoms with Gasteiger partial charge in [0.05, 0.1) is 18.2 Å². The summed E-state index contributed by atoms with van der Waals surface area (Å²) >= 11 is 0. The van der Waals surface area contributed by atoms with Gasteiger partial charge in [-0.3, -0.25) is 0 Å². The largest absolute Gasteiger partial charge is 0.490 e. The molecule has 0 bridgehead atoms. The summed E-state index contributed by atoms with van der Waals surface area (Å²) in [6, 6.07) is 30.6. The van der Waals surface area contributed by atoms with Crippen molar-refractivity contribution in [2.75, 3.05) is 6.61 Å². The van der Waals surface area contributed by atoms with Gasteiger partial charge in [0.15, 0.2) is 11.5 Å². The van der Waals surface area contributed by atoms with E-state index >= 15 is 0 Å². The van der Waals surface area contributed by atoms with Crippen LogP contribution >= 0.6 is 0 Å². The first-order valence-electron chi connectivity index (χ1n) is 10.7. The lowest BCUT2D eigenvalue weighted by Crippen LogP contribution is -2.00. The average molecular weight is 420 g/mol. The Morgan fingerprint density at radius 1 is 0.844 bits per heavy atom. The van der Waals surface area contributed by atoms with Crippen LogP contribution in [0.4, 0.5) is 0 Å². The summed E-state index contributed by atoms with van der Waals surface area (Å²) in [5.74, 6) is 1.36. The van der Waals surface area contributed by atoms with Crippen LogP contribution in [0.1, 0.15) is 29.2 Å². The van der Waals surface area contributed by atoms with Gasteiger partial charge >= 0.3 is 0 Å². The number of aryl methyl sites for hydroxylation is 1. The van der Waals surface area contributed by atoms with Gasteiger partial charge in [0.25, 0.3) is 0 Å². The maximum atomic E-state index is 9.80. The van der Waals surface area contributed by atoms with Crippen molar-refractivity contribution in [3.05, 3.63) is 107 Å². The molecule has 0 heterocycles. The summed E-state index contributed by atoms with van der Waals surface area (Å²) in [7, 11) is 0. The van der Waals surface area contributed by atoms with Gasteiger partial charge in [-0.15, -0.1) is 0 Å². The van der Waals surface area contributed by atoms with Gasteiger partial charge in [0, 0.05) is 0 Å². The lowest BCUT2D eigenvalue weighted by Gasteiger charge is -2.13. The Kier molecular flexibility index (Phi) is 6.53. The van der Waals surface area contributed by atoms with E-state index in [1.807, 2.05) is 61.5 Å². The van der Waals surface area contributed by atoms with E-state index < -0.39 is 0 Å². The smallest absolute Gasteiger partial charge is 0.161 e. The summed E-state index contributed by atoms with van der Waals surface area (Å²) in [6.45, 7) is 5.01. The third kappa shape index (κ3) is 4.99. The fourth-order valence-electron chi connectivity index (χ4n) is 3.55. The standard InChI is InChI=1S/C29H25NO2/c1-3-31-29-17-23(12-15-28(29)32-20-22-10-8-21(2)9-11-22)16-27(19-30)26-14-13-24-6-4-5-7-25(24)18-26/h4-18H,3,20H2,1-2H3/b27-16-. The lowest BCUT2D eigenvalue weighted by molar-refractivity contribution is 0.269. The Hall–Kier alpha value is -4.03. The first-order valence-corrected chi connectivity index (χ1v) is 10.7. The van der Waals surface area contributed by atoms with Gasteiger partial charge in [0.1, 0.15) is 6.61 Å². The summed E-state index contributed by atoms with van der Waals surface area (Å²) in [5, 5.41) is 12.1. The second-order valence-corrected chi connectivity index (χ2v) is 7.65. The molecule has 4 aromatic rings. The zero-order valence-corrected chi connectivity index (χ0v) is 18.3. The average Bonchev–Trinajstić information content (AvgIpc) is 2.83. The maximum absolute atomic E-state index is 9.80. The number of rotatable bonds is 7. The third-order valence-electron chi connectivity index (χ3n) is 5.27. The summed E-state index contributed by atoms with van der Waals surface area (Å²) < 4.78 is 11.9. The van der Waals surface area contributed by atoms with E-state index in [1.165, 1.54) is 5.56 Å². The molecule has 0 unspecified atom stereocenters. The van der Waals surface area contributed by atoms with Crippen molar-refractivity contribution in [2.24, 2.45) is 0 Å². The minimum atomic E-state index is 0.468. The Balaban J connectivity index is 1.60. The van der Waals surface area contributed by atoms with Crippen LogP contribution in [0, 0.1) is 18.3 Å². The van der Waals surface area contributed by atoms with Crippen molar-refractivity contribution < 1.29 is 9.47 Å². The van der Waals surface area contributed by atoms with Crippen LogP contribution in [-0.4, -0.2) is 6.61 Å². The van der Waals surface area contributed by atoms with Crippen molar-refractivity contribution in [1.29, 1.82) is 5.26 Å². The van der Waals surface area contributed by atoms with Crippen molar-refractivity contribution in [1.82, 2.24) is 0 Å². The molecule has 0 aromatic heterocycles. The highest BCUT2D eigenvalue weighted by Gasteiger charge is 2.09. The number of allylic oxidation sites excluding steroid dienone is 1. The van der Waals surface area contributed by atoms with Crippen molar-refractivity contribution in [3.8, 4) is 17.6 Å². The first kappa shape index (κ1) is 21.2. The predicted molar refractivity (Wildman–Crippen MR) is 131 cm³/mol. The number of nitrogens with zero attached hydrogens (tertiary/aromatic N) is 1. The number of nitriles is 1. The van der Waals surface area contributed by atoms with Crippen molar-refractivity contribution in [3.63, 3.8) is 0 Å². The van der Waals surface area contributed by atoms with E-state index in [1.54, 1.807) is 0 Å². The van der Waals surface area contributed by atoms with Crippen LogP contribution in [0.15, 0.2) is 84.9 Å². The Morgan fingerprint density at radius 3 is 2.38 bits per heavy atom. The first-order chi connectivity index (χ1) is 15.7. The molecule has 3 heteroatoms. The molecule has 0 aliphatic heterocycles. The van der Waals surface area contributed by atoms with Gasteiger partial charge in [-0.05, 0) is 65.6 Å². The molecule has 0 saturated carbocycles. The van der Waals surface area contributed by atoms with Crippen LogP contribution < -0.4 is 9.47 Å². The molecule has 0 saturated heterocycles. The van der Waals surface area contributed by atoms with Crippen LogP contribution in [0.3, 0.4) is 0 Å². The highest BCUT2D eigenvalue weighted by molar-refractivity contribution is 5.94. The summed E-state index contributed by atoms with van der Waals surface area (Å²) in [6.07, 6.45) is 1.89. The maximum Gasteiger partial charge on any atom is 0.161 e. The topological polar surface area (TPSA) is 42.2 Å². The Labute approximate surface area is 189 Å². The second-order valence-electron chi connectivity index (χ2n) is 7.65. The van der Waals surface area contributed by atoms with Crippen LogP contribution in [-0.2, 0) is 6.61 Å². The monoisotopic (exact) mass is 419 g/mol. The van der Waals surface area contributed by atoms with Crippen molar-refractivity contribution in [2.45, 2.75) is 20.5 Å². The molecule has 0 radical (unpaired) electrons. The molecule has 4 rings (SSSR count). The van der Waals surface area contributed by atoms with E-state index in [0.29, 0.717) is 30.3 Å². The molecule has 0 amide bonds. The molecular weight excluding hydrogens is 394 g/mol. The van der Waals surface area contributed by atoms with Gasteiger partial charge in [-0.1, -0.05) is 72.3 Å². The molecule has 4 aromatic carbocycles. The Morgan fingerprint density at radius 2 is 1.62 bits per heavy atom. The lowest BCUT2D eigenvalue weighted by atomic mass is 10.00. The molecule has 32 heavy (non-hydrogen) atoms. The van der Waals surface area contributed by atoms with Crippen LogP contribution in [0.5, 0.6) is 11.5 Å². The quantitative estimate of drug-likeness (QED) is 0.235. The number of benzene rings is 4. The molecule has 0 spiro atoms. The highest BCUT2D eigenvalue weighted by atomic mass is 16.5. The zero-order chi connectivity index (χ0) is 22.3. The molecule has 3 nitrogen and oxygen atoms in total. The fourth-order valence-corrected chi connectivity index (χ4v) is 3.55. The highest BCUT2D eigenvalue weighted by Crippen LogP contribution is 2.31. The number of hydrogen-bond acceptors (Lipinski definition) is 3. The molecule has 0 N–H and O–H groups in total. The van der Waals surface area contributed by atoms with E-state index in [4.69, 9.17) is 9.47 Å². The number of ether oxygens (including phenoxy) is 2. The van der Waals surface area contributed by atoms with Gasteiger partial charge in [-0.25, -0.2) is 0 Å². The second kappa shape index (κ2) is 9.85. The van der Waals surface area contributed by atoms with Gasteiger partial charge in [0.2, 0.25) is 0 Å².